The molecule has 2 atom stereocenters. The summed E-state index contributed by atoms with van der Waals surface area (Å²) in [5.41, 5.74) is 0.546. The molecule has 0 amide bonds. The number of nitrogens with zero attached hydrogens (tertiary/aromatic N) is 6. The monoisotopic (exact) mass is 524 g/mol. The summed E-state index contributed by atoms with van der Waals surface area (Å²) in [5, 5.41) is 8.41. The van der Waals surface area contributed by atoms with Crippen LogP contribution in [0.2, 0.25) is 0 Å². The number of likely N-dealkylation sites (tertiary alicyclic amines) is 1. The molecule has 200 valence electrons. The van der Waals surface area contributed by atoms with Gasteiger partial charge in [0.1, 0.15) is 12.2 Å². The van der Waals surface area contributed by atoms with Crippen LogP contribution in [0, 0.1) is 11.8 Å². The van der Waals surface area contributed by atoms with Crippen LogP contribution in [0.4, 0.5) is 13.2 Å². The first-order chi connectivity index (χ1) is 18.2. The van der Waals surface area contributed by atoms with Gasteiger partial charge in [-0.2, -0.15) is 13.2 Å². The number of imidazole rings is 1. The van der Waals surface area contributed by atoms with Gasteiger partial charge in [-0.15, -0.1) is 10.2 Å². The molecule has 0 bridgehead atoms. The lowest BCUT2D eigenvalue weighted by atomic mass is 9.72. The number of halogens is 3. The number of rotatable bonds is 6. The minimum atomic E-state index is -4.58. The molecule has 1 saturated heterocycles. The molecule has 2 aliphatic rings. The molecular formula is C28H31F3N6O. The maximum atomic E-state index is 14.2. The Bertz CT molecular complexity index is 1530. The lowest BCUT2D eigenvalue weighted by Crippen LogP contribution is -2.24. The van der Waals surface area contributed by atoms with Gasteiger partial charge in [0, 0.05) is 38.4 Å². The van der Waals surface area contributed by atoms with Crippen LogP contribution in [0.25, 0.3) is 11.2 Å². The van der Waals surface area contributed by atoms with E-state index in [0.29, 0.717) is 29.6 Å². The van der Waals surface area contributed by atoms with E-state index in [-0.39, 0.29) is 11.4 Å². The smallest absolute Gasteiger partial charge is 0.320 e. The van der Waals surface area contributed by atoms with Gasteiger partial charge >= 0.3 is 11.9 Å². The largest absolute Gasteiger partial charge is 0.418 e. The van der Waals surface area contributed by atoms with Gasteiger partial charge in [0.25, 0.3) is 0 Å². The fourth-order valence-corrected chi connectivity index (χ4v) is 6.02. The van der Waals surface area contributed by atoms with Crippen LogP contribution >= 0.6 is 0 Å². The Hall–Kier alpha value is -3.40. The number of pyridine rings is 1. The van der Waals surface area contributed by atoms with Crippen LogP contribution in [0.1, 0.15) is 61.0 Å². The Kier molecular flexibility index (Phi) is 6.17. The molecule has 1 aromatic carbocycles. The SMILES string of the molecule is C[C@@H]1CCN(Cc2cc(C(F)(F)F)c3cn(-c4cccc([C@H](c5nncn5C)C5CCC5)c4)c(=O)n3c2)C1. The number of fused-ring (bicyclic) bond motifs is 1. The average Bonchev–Trinajstić information content (AvgIpc) is 3.54. The second-order valence-corrected chi connectivity index (χ2v) is 11.0. The van der Waals surface area contributed by atoms with Gasteiger partial charge < -0.3 is 4.57 Å². The molecule has 0 unspecified atom stereocenters. The van der Waals surface area contributed by atoms with Crippen LogP contribution in [-0.4, -0.2) is 41.7 Å². The maximum Gasteiger partial charge on any atom is 0.418 e. The van der Waals surface area contributed by atoms with E-state index in [1.165, 1.54) is 16.8 Å². The zero-order valence-electron chi connectivity index (χ0n) is 21.5. The number of aromatic nitrogens is 5. The molecule has 0 N–H and O–H groups in total. The van der Waals surface area contributed by atoms with Crippen LogP contribution in [0.5, 0.6) is 0 Å². The van der Waals surface area contributed by atoms with Gasteiger partial charge in [-0.3, -0.25) is 13.9 Å². The molecule has 4 heterocycles. The van der Waals surface area contributed by atoms with Crippen molar-refractivity contribution in [2.45, 2.75) is 51.2 Å². The molecular weight excluding hydrogens is 493 g/mol. The Morgan fingerprint density at radius 1 is 1.13 bits per heavy atom. The van der Waals surface area contributed by atoms with Gasteiger partial charge in [-0.05, 0) is 67.0 Å². The molecule has 0 spiro atoms. The van der Waals surface area contributed by atoms with Crippen molar-refractivity contribution in [1.29, 1.82) is 0 Å². The highest BCUT2D eigenvalue weighted by Gasteiger charge is 2.35. The van der Waals surface area contributed by atoms with Crippen molar-refractivity contribution in [3.05, 3.63) is 82.1 Å². The number of hydrogen-bond acceptors (Lipinski definition) is 4. The minimum Gasteiger partial charge on any atom is -0.320 e. The number of hydrogen-bond donors (Lipinski definition) is 0. The standard InChI is InChI=1S/C28H31F3N6O/c1-18-9-10-35(13-18)14-19-11-23(28(29,30)31)24-16-36(27(38)37(24)15-19)22-8-4-7-21(12-22)25(20-5-3-6-20)26-33-32-17-34(26)2/h4,7-8,11-12,15-18,20,25H,3,5-6,9-10,13-14H2,1-2H3/t18-,25-/m1/s1. The third-order valence-corrected chi connectivity index (χ3v) is 8.20. The maximum absolute atomic E-state index is 14.2. The van der Waals surface area contributed by atoms with E-state index in [1.807, 2.05) is 29.8 Å². The Balaban J connectivity index is 1.43. The Labute approximate surface area is 218 Å². The topological polar surface area (TPSA) is 60.4 Å². The highest BCUT2D eigenvalue weighted by Crippen LogP contribution is 2.43. The van der Waals surface area contributed by atoms with E-state index in [4.69, 9.17) is 0 Å². The van der Waals surface area contributed by atoms with E-state index in [1.54, 1.807) is 18.6 Å². The summed E-state index contributed by atoms with van der Waals surface area (Å²) in [5.74, 6) is 1.78. The van der Waals surface area contributed by atoms with E-state index < -0.39 is 17.4 Å². The summed E-state index contributed by atoms with van der Waals surface area (Å²) in [7, 11) is 1.91. The molecule has 0 radical (unpaired) electrons. The van der Waals surface area contributed by atoms with E-state index >= 15 is 0 Å². The van der Waals surface area contributed by atoms with Crippen LogP contribution < -0.4 is 5.69 Å². The van der Waals surface area contributed by atoms with Gasteiger partial charge in [-0.25, -0.2) is 4.79 Å². The molecule has 6 rings (SSSR count). The predicted octanol–water partition coefficient (Wildman–Crippen LogP) is 5.01. The van der Waals surface area contributed by atoms with Crippen molar-refractivity contribution in [2.24, 2.45) is 18.9 Å². The molecule has 10 heteroatoms. The van der Waals surface area contributed by atoms with E-state index in [9.17, 15) is 18.0 Å². The predicted molar refractivity (Wildman–Crippen MR) is 137 cm³/mol. The molecule has 1 saturated carbocycles. The highest BCUT2D eigenvalue weighted by atomic mass is 19.4. The van der Waals surface area contributed by atoms with Crippen molar-refractivity contribution in [1.82, 2.24) is 28.6 Å². The van der Waals surface area contributed by atoms with Crippen molar-refractivity contribution in [3.63, 3.8) is 0 Å². The minimum absolute atomic E-state index is 0.00382. The summed E-state index contributed by atoms with van der Waals surface area (Å²) < 4.78 is 46.9. The third-order valence-electron chi connectivity index (χ3n) is 8.20. The third kappa shape index (κ3) is 4.44. The number of alkyl halides is 3. The number of benzene rings is 1. The molecule has 38 heavy (non-hydrogen) atoms. The molecule has 1 aliphatic carbocycles. The lowest BCUT2D eigenvalue weighted by Gasteiger charge is -2.33. The highest BCUT2D eigenvalue weighted by molar-refractivity contribution is 5.58. The zero-order valence-corrected chi connectivity index (χ0v) is 21.5. The van der Waals surface area contributed by atoms with E-state index in [0.717, 1.165) is 54.6 Å². The molecule has 1 aliphatic heterocycles. The Morgan fingerprint density at radius 3 is 2.58 bits per heavy atom. The lowest BCUT2D eigenvalue weighted by molar-refractivity contribution is -0.136. The van der Waals surface area contributed by atoms with Crippen molar-refractivity contribution in [3.8, 4) is 5.69 Å². The number of aryl methyl sites for hydroxylation is 1. The van der Waals surface area contributed by atoms with Gasteiger partial charge in [-0.1, -0.05) is 25.5 Å². The first-order valence-corrected chi connectivity index (χ1v) is 13.2. The molecule has 7 nitrogen and oxygen atoms in total. The first kappa shape index (κ1) is 24.9. The Morgan fingerprint density at radius 2 is 1.95 bits per heavy atom. The summed E-state index contributed by atoms with van der Waals surface area (Å²) in [6.45, 7) is 4.22. The summed E-state index contributed by atoms with van der Waals surface area (Å²) in [6.07, 6.45) is 4.30. The normalized spacial score (nSPS) is 19.8. The quantitative estimate of drug-likeness (QED) is 0.356. The van der Waals surface area contributed by atoms with Gasteiger partial charge in [0.2, 0.25) is 0 Å². The van der Waals surface area contributed by atoms with Crippen molar-refractivity contribution in [2.75, 3.05) is 13.1 Å². The van der Waals surface area contributed by atoms with Crippen molar-refractivity contribution >= 4 is 5.52 Å². The molecule has 2 fully saturated rings. The fourth-order valence-electron chi connectivity index (χ4n) is 6.02. The van der Waals surface area contributed by atoms with Gasteiger partial charge in [0.05, 0.1) is 16.8 Å². The fraction of sp³-hybridized carbons (Fsp3) is 0.464. The first-order valence-electron chi connectivity index (χ1n) is 13.2. The van der Waals surface area contributed by atoms with Gasteiger partial charge in [0.15, 0.2) is 0 Å². The summed E-state index contributed by atoms with van der Waals surface area (Å²) >= 11 is 0. The van der Waals surface area contributed by atoms with Crippen LogP contribution in [0.15, 0.2) is 53.8 Å². The van der Waals surface area contributed by atoms with Crippen molar-refractivity contribution < 1.29 is 13.2 Å². The second kappa shape index (κ2) is 9.41. The average molecular weight is 525 g/mol. The molecule has 4 aromatic rings. The summed E-state index contributed by atoms with van der Waals surface area (Å²) in [6, 6.07) is 8.71. The summed E-state index contributed by atoms with van der Waals surface area (Å²) in [4.78, 5) is 15.7. The van der Waals surface area contributed by atoms with Crippen LogP contribution in [-0.2, 0) is 19.8 Å². The second-order valence-electron chi connectivity index (χ2n) is 11.0. The van der Waals surface area contributed by atoms with E-state index in [2.05, 4.69) is 22.0 Å². The molecule has 3 aromatic heterocycles. The zero-order chi connectivity index (χ0) is 26.6. The van der Waals surface area contributed by atoms with Crippen LogP contribution in [0.3, 0.4) is 0 Å².